The fraction of sp³-hybridized carbons (Fsp3) is 0.467. The van der Waals surface area contributed by atoms with E-state index in [4.69, 9.17) is 26.3 Å². The number of imide groups is 2. The molecule has 60 heavy (non-hydrogen) atoms. The van der Waals surface area contributed by atoms with E-state index in [2.05, 4.69) is 26.1 Å². The highest BCUT2D eigenvalue weighted by molar-refractivity contribution is 6.31. The summed E-state index contributed by atoms with van der Waals surface area (Å²) in [5.41, 5.74) is 2.99. The highest BCUT2D eigenvalue weighted by atomic mass is 35.5. The third kappa shape index (κ3) is 8.65. The van der Waals surface area contributed by atoms with Crippen molar-refractivity contribution in [3.63, 3.8) is 0 Å². The molecule has 3 aromatic carbocycles. The first kappa shape index (κ1) is 41.1. The van der Waals surface area contributed by atoms with E-state index in [0.29, 0.717) is 45.6 Å². The smallest absolute Gasteiger partial charge is 0.415 e. The summed E-state index contributed by atoms with van der Waals surface area (Å²) in [6.07, 6.45) is 4.11. The minimum Gasteiger partial charge on any atom is -0.491 e. The van der Waals surface area contributed by atoms with E-state index in [-0.39, 0.29) is 37.1 Å². The molecule has 0 aliphatic carbocycles. The number of nitrogens with zero attached hydrogens (tertiary/aromatic N) is 6. The van der Waals surface area contributed by atoms with Crippen LogP contribution >= 0.6 is 11.6 Å². The van der Waals surface area contributed by atoms with Crippen molar-refractivity contribution < 1.29 is 33.4 Å². The Balaban J connectivity index is 0.774. The average molecular weight is 836 g/mol. The number of anilines is 2. The zero-order chi connectivity index (χ0) is 42.1. The lowest BCUT2D eigenvalue weighted by Crippen LogP contribution is -2.54. The summed E-state index contributed by atoms with van der Waals surface area (Å²) in [7, 11) is 0. The number of rotatable bonds is 10. The van der Waals surface area contributed by atoms with Crippen LogP contribution in [0.25, 0.3) is 0 Å². The molecule has 5 aliphatic rings. The first-order valence-corrected chi connectivity index (χ1v) is 21.4. The molecule has 5 heterocycles. The fourth-order valence-corrected chi connectivity index (χ4v) is 9.63. The standard InChI is InChI=1S/C45H50ClN7O7/c1-28-3-5-34(23-29(2)59-36-9-4-31(26-47)39(46)25-36)52(28)45(58)60-35-10-6-32(7-11-35)51-21-19-49(20-22-51)27-30-15-17-50(18-16-30)33-8-12-37-38(24-33)44(57)53(43(37)56)40-13-14-41(54)48-42(40)55/h4,6-12,24-25,28-30,34,40H,3,5,13-23,27H2,1-2H3,(H,48,54,55). The van der Waals surface area contributed by atoms with Crippen LogP contribution in [-0.4, -0.2) is 114 Å². The molecular weight excluding hydrogens is 786 g/mol. The van der Waals surface area contributed by atoms with E-state index in [9.17, 15) is 24.0 Å². The number of carbonyl (C=O) groups excluding carboxylic acids is 5. The minimum absolute atomic E-state index is 0.0224. The van der Waals surface area contributed by atoms with Gasteiger partial charge in [-0.25, -0.2) is 4.79 Å². The van der Waals surface area contributed by atoms with Gasteiger partial charge in [0.05, 0.1) is 27.8 Å². The summed E-state index contributed by atoms with van der Waals surface area (Å²) < 4.78 is 12.0. The molecular formula is C45H50ClN7O7. The molecule has 0 bridgehead atoms. The van der Waals surface area contributed by atoms with Gasteiger partial charge in [0.25, 0.3) is 11.8 Å². The molecule has 0 radical (unpaired) electrons. The Morgan fingerprint density at radius 3 is 2.22 bits per heavy atom. The Morgan fingerprint density at radius 2 is 1.52 bits per heavy atom. The van der Waals surface area contributed by atoms with Crippen molar-refractivity contribution in [2.45, 2.75) is 83.0 Å². The molecule has 4 saturated heterocycles. The zero-order valence-corrected chi connectivity index (χ0v) is 34.7. The lowest BCUT2D eigenvalue weighted by Gasteiger charge is -2.40. The van der Waals surface area contributed by atoms with Gasteiger partial charge in [-0.15, -0.1) is 0 Å². The molecule has 1 N–H and O–H groups in total. The highest BCUT2D eigenvalue weighted by Crippen LogP contribution is 2.34. The number of halogens is 1. The number of hydrogen-bond donors (Lipinski definition) is 1. The quantitative estimate of drug-likeness (QED) is 0.244. The van der Waals surface area contributed by atoms with Crippen LogP contribution in [0, 0.1) is 17.2 Å². The Morgan fingerprint density at radius 1 is 0.833 bits per heavy atom. The van der Waals surface area contributed by atoms with Crippen molar-refractivity contribution in [3.05, 3.63) is 82.4 Å². The molecule has 0 saturated carbocycles. The van der Waals surface area contributed by atoms with Crippen LogP contribution in [0.5, 0.6) is 11.5 Å². The van der Waals surface area contributed by atoms with Gasteiger partial charge in [-0.05, 0) is 106 Å². The number of amides is 5. The van der Waals surface area contributed by atoms with Crippen molar-refractivity contribution in [1.82, 2.24) is 20.0 Å². The molecule has 4 unspecified atom stereocenters. The zero-order valence-electron chi connectivity index (χ0n) is 34.0. The summed E-state index contributed by atoms with van der Waals surface area (Å²) >= 11 is 6.19. The molecule has 5 amide bonds. The van der Waals surface area contributed by atoms with Crippen LogP contribution in [0.15, 0.2) is 60.7 Å². The number of piperidine rings is 2. The summed E-state index contributed by atoms with van der Waals surface area (Å²) in [4.78, 5) is 74.0. The molecule has 5 aliphatic heterocycles. The maximum Gasteiger partial charge on any atom is 0.415 e. The minimum atomic E-state index is -0.973. The van der Waals surface area contributed by atoms with E-state index in [1.165, 1.54) is 0 Å². The van der Waals surface area contributed by atoms with Crippen molar-refractivity contribution in [3.8, 4) is 17.6 Å². The van der Waals surface area contributed by atoms with Gasteiger partial charge in [0, 0.05) is 88.2 Å². The molecule has 3 aromatic rings. The monoisotopic (exact) mass is 835 g/mol. The fourth-order valence-electron chi connectivity index (χ4n) is 9.42. The molecule has 4 fully saturated rings. The Hall–Kier alpha value is -5.65. The van der Waals surface area contributed by atoms with E-state index >= 15 is 0 Å². The number of likely N-dealkylation sites (tertiary alicyclic amines) is 1. The summed E-state index contributed by atoms with van der Waals surface area (Å²) in [6, 6.07) is 19.3. The van der Waals surface area contributed by atoms with Crippen molar-refractivity contribution in [1.29, 1.82) is 5.26 Å². The molecule has 14 nitrogen and oxygen atoms in total. The summed E-state index contributed by atoms with van der Waals surface area (Å²) in [5.74, 6) is -0.320. The highest BCUT2D eigenvalue weighted by Gasteiger charge is 2.45. The second kappa shape index (κ2) is 17.5. The lowest BCUT2D eigenvalue weighted by molar-refractivity contribution is -0.136. The third-order valence-electron chi connectivity index (χ3n) is 12.7. The summed E-state index contributed by atoms with van der Waals surface area (Å²) in [6.45, 7) is 10.4. The number of hydrogen-bond acceptors (Lipinski definition) is 11. The van der Waals surface area contributed by atoms with Gasteiger partial charge in [-0.3, -0.25) is 34.3 Å². The van der Waals surface area contributed by atoms with Crippen LogP contribution < -0.4 is 24.6 Å². The van der Waals surface area contributed by atoms with Crippen molar-refractivity contribution in [2.75, 3.05) is 55.6 Å². The van der Waals surface area contributed by atoms with Gasteiger partial charge in [0.1, 0.15) is 23.6 Å². The number of benzene rings is 3. The number of nitrogens with one attached hydrogen (secondary N) is 1. The Bertz CT molecular complexity index is 2200. The van der Waals surface area contributed by atoms with E-state index < -0.39 is 29.7 Å². The Labute approximate surface area is 354 Å². The molecule has 314 valence electrons. The van der Waals surface area contributed by atoms with Crippen LogP contribution in [0.1, 0.15) is 85.1 Å². The molecule has 15 heteroatoms. The lowest BCUT2D eigenvalue weighted by atomic mass is 9.95. The molecule has 4 atom stereocenters. The number of nitriles is 1. The maximum atomic E-state index is 13.5. The van der Waals surface area contributed by atoms with Crippen LogP contribution in [0.3, 0.4) is 0 Å². The first-order valence-electron chi connectivity index (χ1n) is 21.0. The number of ether oxygens (including phenoxy) is 2. The number of fused-ring (bicyclic) bond motifs is 1. The van der Waals surface area contributed by atoms with Gasteiger partial charge in [-0.2, -0.15) is 5.26 Å². The second-order valence-electron chi connectivity index (χ2n) is 16.7. The average Bonchev–Trinajstić information content (AvgIpc) is 3.72. The van der Waals surface area contributed by atoms with E-state index in [0.717, 1.165) is 87.8 Å². The van der Waals surface area contributed by atoms with Crippen molar-refractivity contribution >= 4 is 52.7 Å². The second-order valence-corrected chi connectivity index (χ2v) is 17.1. The van der Waals surface area contributed by atoms with Gasteiger partial charge in [0.2, 0.25) is 11.8 Å². The molecule has 8 rings (SSSR count). The van der Waals surface area contributed by atoms with Gasteiger partial charge in [-0.1, -0.05) is 11.6 Å². The first-order chi connectivity index (χ1) is 28.9. The Kier molecular flexibility index (Phi) is 12.0. The maximum absolute atomic E-state index is 13.5. The topological polar surface area (TPSA) is 156 Å². The van der Waals surface area contributed by atoms with E-state index in [1.54, 1.807) is 30.3 Å². The predicted octanol–water partition coefficient (Wildman–Crippen LogP) is 5.86. The van der Waals surface area contributed by atoms with Crippen LogP contribution in [0.4, 0.5) is 16.2 Å². The molecule has 0 spiro atoms. The normalized spacial score (nSPS) is 23.1. The van der Waals surface area contributed by atoms with Crippen molar-refractivity contribution in [2.24, 2.45) is 5.92 Å². The SMILES string of the molecule is CC(CC1CCC(C)N1C(=O)Oc1ccc(N2CCN(CC3CCN(c4ccc5c(c4)C(=O)N(C4CCC(=O)NC4=O)C5=O)CC3)CC2)cc1)Oc1ccc(C#N)c(Cl)c1. The van der Waals surface area contributed by atoms with E-state index in [1.807, 2.05) is 49.1 Å². The molecule has 0 aromatic heterocycles. The van der Waals surface area contributed by atoms with Crippen LogP contribution in [0.2, 0.25) is 5.02 Å². The third-order valence-corrected chi connectivity index (χ3v) is 13.0. The van der Waals surface area contributed by atoms with Gasteiger partial charge >= 0.3 is 6.09 Å². The van der Waals surface area contributed by atoms with Gasteiger partial charge in [0.15, 0.2) is 0 Å². The summed E-state index contributed by atoms with van der Waals surface area (Å²) in [5, 5.41) is 11.7. The predicted molar refractivity (Wildman–Crippen MR) is 224 cm³/mol. The number of piperazine rings is 1. The largest absolute Gasteiger partial charge is 0.491 e. The van der Waals surface area contributed by atoms with Gasteiger partial charge < -0.3 is 24.2 Å². The van der Waals surface area contributed by atoms with Crippen LogP contribution in [-0.2, 0) is 9.59 Å². The number of carbonyl (C=O) groups is 5.